The van der Waals surface area contributed by atoms with Gasteiger partial charge in [-0.2, -0.15) is 13.2 Å². The Morgan fingerprint density at radius 1 is 1.21 bits per heavy atom. The van der Waals surface area contributed by atoms with E-state index in [-0.39, 0.29) is 0 Å². The lowest BCUT2D eigenvalue weighted by Crippen LogP contribution is -2.51. The number of aliphatic imine (C=N–C) groups is 1. The van der Waals surface area contributed by atoms with E-state index in [1.807, 2.05) is 6.92 Å². The third kappa shape index (κ3) is 6.84. The molecule has 3 rings (SSSR count). The number of alkyl halides is 3. The highest BCUT2D eigenvalue weighted by molar-refractivity contribution is 7.09. The number of nitrogens with zero attached hydrogens (tertiary/aromatic N) is 3. The van der Waals surface area contributed by atoms with Crippen LogP contribution in [0, 0.1) is 0 Å². The Labute approximate surface area is 175 Å². The van der Waals surface area contributed by atoms with Crippen LogP contribution in [-0.2, 0) is 12.6 Å². The van der Waals surface area contributed by atoms with Crippen LogP contribution < -0.4 is 10.6 Å². The minimum Gasteiger partial charge on any atom is -0.357 e. The maximum atomic E-state index is 12.7. The van der Waals surface area contributed by atoms with E-state index in [0.717, 1.165) is 61.2 Å². The van der Waals surface area contributed by atoms with E-state index in [9.17, 15) is 13.2 Å². The molecule has 1 saturated carbocycles. The van der Waals surface area contributed by atoms with Gasteiger partial charge in [-0.15, -0.1) is 11.3 Å². The number of aromatic nitrogens is 1. The van der Waals surface area contributed by atoms with Crippen LogP contribution in [0.5, 0.6) is 0 Å². The van der Waals surface area contributed by atoms with Crippen LogP contribution in [0.4, 0.5) is 13.2 Å². The third-order valence-corrected chi connectivity index (χ3v) is 6.65. The molecule has 1 aromatic rings. The van der Waals surface area contributed by atoms with Crippen LogP contribution in [0.15, 0.2) is 10.4 Å². The fourth-order valence-corrected chi connectivity index (χ4v) is 4.98. The fraction of sp³-hybridized carbons (Fsp3) is 0.800. The molecule has 0 spiro atoms. The number of nitrogens with one attached hydrogen (secondary N) is 2. The van der Waals surface area contributed by atoms with Crippen molar-refractivity contribution in [2.75, 3.05) is 26.2 Å². The smallest absolute Gasteiger partial charge is 0.357 e. The number of halogens is 3. The summed E-state index contributed by atoms with van der Waals surface area (Å²) in [6.45, 7) is 5.44. The molecular weight excluding hydrogens is 399 g/mol. The summed E-state index contributed by atoms with van der Waals surface area (Å²) in [5.74, 6) is 0.746. The van der Waals surface area contributed by atoms with E-state index in [1.54, 1.807) is 0 Å². The maximum Gasteiger partial charge on any atom is 0.434 e. The van der Waals surface area contributed by atoms with Gasteiger partial charge in [0.15, 0.2) is 11.7 Å². The number of likely N-dealkylation sites (tertiary alicyclic amines) is 1. The highest BCUT2D eigenvalue weighted by Crippen LogP contribution is 2.30. The van der Waals surface area contributed by atoms with Crippen molar-refractivity contribution >= 4 is 17.3 Å². The Balaban J connectivity index is 1.45. The summed E-state index contributed by atoms with van der Waals surface area (Å²) in [4.78, 5) is 10.9. The van der Waals surface area contributed by atoms with Crippen molar-refractivity contribution in [2.45, 2.75) is 76.6 Å². The SMILES string of the molecule is CCNC(=NCCc1nc(C(F)(F)F)cs1)NC1CCN(C2CCCCC2)CC1. The van der Waals surface area contributed by atoms with Gasteiger partial charge in [0, 0.05) is 50.1 Å². The summed E-state index contributed by atoms with van der Waals surface area (Å²) < 4.78 is 38.0. The van der Waals surface area contributed by atoms with Crippen LogP contribution in [0.3, 0.4) is 0 Å². The molecule has 0 radical (unpaired) electrons. The average Bonchev–Trinajstić information content (AvgIpc) is 3.19. The van der Waals surface area contributed by atoms with Gasteiger partial charge >= 0.3 is 6.18 Å². The molecule has 9 heteroatoms. The summed E-state index contributed by atoms with van der Waals surface area (Å²) in [6.07, 6.45) is 5.04. The van der Waals surface area contributed by atoms with Crippen molar-refractivity contribution in [3.8, 4) is 0 Å². The van der Waals surface area contributed by atoms with Gasteiger partial charge in [-0.1, -0.05) is 19.3 Å². The Hall–Kier alpha value is -1.35. The standard InChI is InChI=1S/C20H32F3N5S/c1-2-24-19(25-11-8-18-27-17(14-29-18)20(21,22)23)26-15-9-12-28(13-10-15)16-6-4-3-5-7-16/h14-16H,2-13H2,1H3,(H2,24,25,26). The molecule has 2 aliphatic rings. The molecule has 2 N–H and O–H groups in total. The lowest BCUT2D eigenvalue weighted by molar-refractivity contribution is -0.140. The van der Waals surface area contributed by atoms with Gasteiger partial charge < -0.3 is 15.5 Å². The molecule has 0 bridgehead atoms. The summed E-state index contributed by atoms with van der Waals surface area (Å²) in [5.41, 5.74) is -0.809. The zero-order chi connectivity index (χ0) is 20.7. The zero-order valence-corrected chi connectivity index (χ0v) is 17.9. The first-order chi connectivity index (χ1) is 14.0. The predicted molar refractivity (Wildman–Crippen MR) is 111 cm³/mol. The van der Waals surface area contributed by atoms with Crippen LogP contribution in [0.2, 0.25) is 0 Å². The molecule has 1 saturated heterocycles. The lowest BCUT2D eigenvalue weighted by atomic mass is 9.92. The number of rotatable bonds is 6. The van der Waals surface area contributed by atoms with Gasteiger partial charge in [-0.05, 0) is 32.6 Å². The van der Waals surface area contributed by atoms with E-state index < -0.39 is 11.9 Å². The van der Waals surface area contributed by atoms with Crippen LogP contribution in [0.25, 0.3) is 0 Å². The molecule has 0 atom stereocenters. The Morgan fingerprint density at radius 2 is 1.93 bits per heavy atom. The van der Waals surface area contributed by atoms with Gasteiger partial charge in [-0.25, -0.2) is 4.98 Å². The molecule has 0 unspecified atom stereocenters. The fourth-order valence-electron chi connectivity index (χ4n) is 4.19. The van der Waals surface area contributed by atoms with E-state index in [1.165, 1.54) is 32.1 Å². The molecule has 5 nitrogen and oxygen atoms in total. The first kappa shape index (κ1) is 22.3. The van der Waals surface area contributed by atoms with Gasteiger partial charge in [0.2, 0.25) is 0 Å². The van der Waals surface area contributed by atoms with E-state index >= 15 is 0 Å². The summed E-state index contributed by atoms with van der Waals surface area (Å²) in [6, 6.07) is 1.16. The van der Waals surface area contributed by atoms with Crippen molar-refractivity contribution in [1.82, 2.24) is 20.5 Å². The Morgan fingerprint density at radius 3 is 2.55 bits per heavy atom. The van der Waals surface area contributed by atoms with E-state index in [0.29, 0.717) is 24.0 Å². The number of piperidine rings is 1. The van der Waals surface area contributed by atoms with Gasteiger partial charge in [0.1, 0.15) is 0 Å². The van der Waals surface area contributed by atoms with Crippen LogP contribution in [-0.4, -0.2) is 54.1 Å². The lowest BCUT2D eigenvalue weighted by Gasteiger charge is -2.39. The largest absolute Gasteiger partial charge is 0.434 e. The van der Waals surface area contributed by atoms with Crippen LogP contribution >= 0.6 is 11.3 Å². The van der Waals surface area contributed by atoms with Crippen molar-refractivity contribution in [1.29, 1.82) is 0 Å². The zero-order valence-electron chi connectivity index (χ0n) is 17.1. The predicted octanol–water partition coefficient (Wildman–Crippen LogP) is 4.06. The van der Waals surface area contributed by atoms with Crippen molar-refractivity contribution < 1.29 is 13.2 Å². The molecular formula is C20H32F3N5S. The molecule has 29 heavy (non-hydrogen) atoms. The minimum absolute atomic E-state index is 0.393. The highest BCUT2D eigenvalue weighted by Gasteiger charge is 2.33. The first-order valence-corrected chi connectivity index (χ1v) is 11.6. The van der Waals surface area contributed by atoms with Crippen molar-refractivity contribution in [3.63, 3.8) is 0 Å². The van der Waals surface area contributed by atoms with Crippen LogP contribution in [0.1, 0.15) is 62.6 Å². The number of hydrogen-bond donors (Lipinski definition) is 2. The second-order valence-electron chi connectivity index (χ2n) is 7.88. The summed E-state index contributed by atoms with van der Waals surface area (Å²) in [5, 5.41) is 8.30. The van der Waals surface area contributed by atoms with Gasteiger partial charge in [0.25, 0.3) is 0 Å². The van der Waals surface area contributed by atoms with E-state index in [4.69, 9.17) is 0 Å². The molecule has 1 aromatic heterocycles. The van der Waals surface area contributed by atoms with Crippen molar-refractivity contribution in [3.05, 3.63) is 16.1 Å². The molecule has 1 aliphatic heterocycles. The molecule has 164 valence electrons. The van der Waals surface area contributed by atoms with Gasteiger partial charge in [0.05, 0.1) is 5.01 Å². The normalized spacial score (nSPS) is 20.8. The third-order valence-electron chi connectivity index (χ3n) is 5.74. The number of thiazole rings is 1. The minimum atomic E-state index is -4.37. The molecule has 0 amide bonds. The molecule has 0 aromatic carbocycles. The number of hydrogen-bond acceptors (Lipinski definition) is 4. The maximum absolute atomic E-state index is 12.7. The monoisotopic (exact) mass is 431 g/mol. The summed E-state index contributed by atoms with van der Waals surface area (Å²) in [7, 11) is 0. The van der Waals surface area contributed by atoms with Gasteiger partial charge in [-0.3, -0.25) is 4.99 Å². The van der Waals surface area contributed by atoms with E-state index in [2.05, 4.69) is 25.5 Å². The van der Waals surface area contributed by atoms with Crippen molar-refractivity contribution in [2.24, 2.45) is 4.99 Å². The summed E-state index contributed by atoms with van der Waals surface area (Å²) >= 11 is 1.04. The quantitative estimate of drug-likeness (QED) is 0.527. The topological polar surface area (TPSA) is 52.6 Å². The molecule has 2 fully saturated rings. The number of guanidine groups is 1. The Kier molecular flexibility index (Phi) is 8.17. The second-order valence-corrected chi connectivity index (χ2v) is 8.82. The first-order valence-electron chi connectivity index (χ1n) is 10.8. The second kappa shape index (κ2) is 10.6. The highest BCUT2D eigenvalue weighted by atomic mass is 32.1. The Bertz CT molecular complexity index is 647. The molecule has 2 heterocycles. The average molecular weight is 432 g/mol. The molecule has 1 aliphatic carbocycles.